The van der Waals surface area contributed by atoms with Crippen LogP contribution in [0.3, 0.4) is 0 Å². The molecule has 5 rings (SSSR count). The predicted molar refractivity (Wildman–Crippen MR) is 213 cm³/mol. The molecule has 3 aliphatic heterocycles. The molecule has 0 aromatic heterocycles. The van der Waals surface area contributed by atoms with Gasteiger partial charge in [0.25, 0.3) is 0 Å². The summed E-state index contributed by atoms with van der Waals surface area (Å²) in [4.78, 5) is 0. The van der Waals surface area contributed by atoms with E-state index < -0.39 is 90.7 Å². The molecular formula is C44H80O13. The van der Waals surface area contributed by atoms with Crippen molar-refractivity contribution in [3.05, 3.63) is 0 Å². The zero-order valence-electron chi connectivity index (χ0n) is 36.2. The second-order valence-electron chi connectivity index (χ2n) is 21.0. The van der Waals surface area contributed by atoms with Gasteiger partial charge in [0.15, 0.2) is 12.6 Å². The Morgan fingerprint density at radius 3 is 2.16 bits per heavy atom. The summed E-state index contributed by atoms with van der Waals surface area (Å²) in [5, 5.41) is 86.1. The number of hydrogen-bond acceptors (Lipinski definition) is 13. The lowest BCUT2D eigenvalue weighted by Crippen LogP contribution is -2.57. The maximum Gasteiger partial charge on any atom is 0.186 e. The molecule has 17 atom stereocenters. The van der Waals surface area contributed by atoms with Crippen LogP contribution in [0.2, 0.25) is 0 Å². The van der Waals surface area contributed by atoms with E-state index in [-0.39, 0.29) is 41.8 Å². The molecule has 334 valence electrons. The van der Waals surface area contributed by atoms with E-state index in [2.05, 4.69) is 41.5 Å². The summed E-state index contributed by atoms with van der Waals surface area (Å²) in [7, 11) is 0. The minimum atomic E-state index is -1.43. The summed E-state index contributed by atoms with van der Waals surface area (Å²) in [6, 6.07) is 0. The van der Waals surface area contributed by atoms with Gasteiger partial charge in [-0.15, -0.1) is 0 Å². The molecule has 2 saturated carbocycles. The minimum absolute atomic E-state index is 0.00246. The molecular weight excluding hydrogens is 736 g/mol. The number of hydrogen-bond donors (Lipinski definition) is 8. The second kappa shape index (κ2) is 18.8. The summed E-state index contributed by atoms with van der Waals surface area (Å²) < 4.78 is 32.1. The second-order valence-corrected chi connectivity index (χ2v) is 21.0. The Balaban J connectivity index is 1.48. The number of rotatable bonds is 14. The van der Waals surface area contributed by atoms with Crippen molar-refractivity contribution in [1.29, 1.82) is 0 Å². The Bertz CT molecular complexity index is 1260. The van der Waals surface area contributed by atoms with Crippen molar-refractivity contribution in [3.63, 3.8) is 0 Å². The molecule has 3 saturated heterocycles. The zero-order chi connectivity index (χ0) is 42.1. The maximum atomic E-state index is 11.7. The molecule has 0 aromatic carbocycles. The van der Waals surface area contributed by atoms with Crippen LogP contribution in [0.1, 0.15) is 152 Å². The van der Waals surface area contributed by atoms with Crippen molar-refractivity contribution in [3.8, 4) is 0 Å². The van der Waals surface area contributed by atoms with Crippen LogP contribution in [-0.2, 0) is 23.7 Å². The zero-order valence-corrected chi connectivity index (χ0v) is 36.2. The van der Waals surface area contributed by atoms with Crippen LogP contribution in [0.15, 0.2) is 0 Å². The fourth-order valence-corrected chi connectivity index (χ4v) is 11.2. The predicted octanol–water partition coefficient (Wildman–Crippen LogP) is 4.09. The molecule has 13 heteroatoms. The van der Waals surface area contributed by atoms with Crippen molar-refractivity contribution in [2.45, 2.75) is 237 Å². The number of aliphatic hydroxyl groups excluding tert-OH is 7. The molecule has 0 amide bonds. The van der Waals surface area contributed by atoms with E-state index in [1.807, 2.05) is 0 Å². The fourth-order valence-electron chi connectivity index (χ4n) is 11.2. The lowest BCUT2D eigenvalue weighted by molar-refractivity contribution is -0.308. The van der Waals surface area contributed by atoms with Crippen LogP contribution < -0.4 is 0 Å². The molecule has 0 radical (unpaired) electrons. The van der Waals surface area contributed by atoms with E-state index in [1.165, 1.54) is 0 Å². The molecule has 57 heavy (non-hydrogen) atoms. The summed E-state index contributed by atoms with van der Waals surface area (Å²) >= 11 is 0. The van der Waals surface area contributed by atoms with E-state index in [1.54, 1.807) is 13.8 Å². The number of unbranched alkanes of at least 4 members (excludes halogenated alkanes) is 1. The molecule has 0 bridgehead atoms. The van der Waals surface area contributed by atoms with Gasteiger partial charge in [0.05, 0.1) is 54.9 Å². The first-order chi connectivity index (χ1) is 26.5. The van der Waals surface area contributed by atoms with Gasteiger partial charge >= 0.3 is 0 Å². The Hall–Kier alpha value is -0.520. The van der Waals surface area contributed by atoms with Gasteiger partial charge in [0, 0.05) is 12.3 Å². The van der Waals surface area contributed by atoms with Crippen molar-refractivity contribution in [1.82, 2.24) is 0 Å². The van der Waals surface area contributed by atoms with Crippen LogP contribution >= 0.6 is 0 Å². The molecule has 0 aromatic rings. The first kappa shape index (κ1) is 47.5. The lowest BCUT2D eigenvalue weighted by atomic mass is 9.62. The Morgan fingerprint density at radius 2 is 1.51 bits per heavy atom. The third kappa shape index (κ3) is 11.1. The van der Waals surface area contributed by atoms with Crippen LogP contribution in [0.4, 0.5) is 0 Å². The van der Waals surface area contributed by atoms with Gasteiger partial charge in [-0.3, -0.25) is 0 Å². The molecule has 13 nitrogen and oxygen atoms in total. The van der Waals surface area contributed by atoms with E-state index in [4.69, 9.17) is 23.7 Å². The third-order valence-corrected chi connectivity index (χ3v) is 15.2. The van der Waals surface area contributed by atoms with E-state index >= 15 is 0 Å². The largest absolute Gasteiger partial charge is 0.394 e. The Labute approximate surface area is 341 Å². The molecule has 17 unspecified atom stereocenters. The van der Waals surface area contributed by atoms with Crippen LogP contribution in [0.25, 0.3) is 0 Å². The SMILES string of the molecule is CCCCC1(C)CCCCC(OC2OCC(O)C(O)C2O)C(C)(C)C(C(CCC2(C)CC(O)C(C3(C)CCC(C(C)(C)O)O3)C2)OC2OC(CO)C(O)CC2O)C1. The van der Waals surface area contributed by atoms with Gasteiger partial charge in [-0.05, 0) is 107 Å². The minimum Gasteiger partial charge on any atom is -0.394 e. The molecule has 5 fully saturated rings. The lowest BCUT2D eigenvalue weighted by Gasteiger charge is -2.50. The highest BCUT2D eigenvalue weighted by Crippen LogP contribution is 2.55. The normalized spacial score (nSPS) is 46.6. The highest BCUT2D eigenvalue weighted by atomic mass is 16.7. The molecule has 2 aliphatic carbocycles. The highest BCUT2D eigenvalue weighted by molar-refractivity contribution is 5.05. The third-order valence-electron chi connectivity index (χ3n) is 15.2. The van der Waals surface area contributed by atoms with E-state index in [9.17, 15) is 40.9 Å². The van der Waals surface area contributed by atoms with Crippen molar-refractivity contribution >= 4 is 0 Å². The molecule has 5 aliphatic rings. The quantitative estimate of drug-likeness (QED) is 0.125. The average molecular weight is 817 g/mol. The topological polar surface area (TPSA) is 208 Å². The first-order valence-corrected chi connectivity index (χ1v) is 22.2. The van der Waals surface area contributed by atoms with E-state index in [0.717, 1.165) is 64.2 Å². The highest BCUT2D eigenvalue weighted by Gasteiger charge is 2.56. The maximum absolute atomic E-state index is 11.7. The van der Waals surface area contributed by atoms with Crippen LogP contribution in [0.5, 0.6) is 0 Å². The van der Waals surface area contributed by atoms with E-state index in [0.29, 0.717) is 25.7 Å². The van der Waals surface area contributed by atoms with Gasteiger partial charge in [-0.25, -0.2) is 0 Å². The number of ether oxygens (including phenoxy) is 5. The Morgan fingerprint density at radius 1 is 0.789 bits per heavy atom. The first-order valence-electron chi connectivity index (χ1n) is 22.2. The van der Waals surface area contributed by atoms with Gasteiger partial charge in [-0.1, -0.05) is 60.3 Å². The van der Waals surface area contributed by atoms with Gasteiger partial charge in [0.2, 0.25) is 0 Å². The summed E-state index contributed by atoms with van der Waals surface area (Å²) in [5.41, 5.74) is -2.49. The van der Waals surface area contributed by atoms with Crippen LogP contribution in [0, 0.1) is 28.1 Å². The Kier molecular flexibility index (Phi) is 15.7. The number of aliphatic hydroxyl groups is 8. The standard InChI is InChI=1S/C44H80O13/c1-9-10-16-42(6)17-12-11-13-34(56-39-37(51)36(50)31(49)25-53-39)40(2,3)27(22-42)32(54-38-29(47)20-28(46)33(24-45)55-38)14-18-43(7)21-26(30(48)23-43)44(8)19-15-35(57-44)41(4,5)52/h26-39,45-52H,9-25H2,1-8H3. The van der Waals surface area contributed by atoms with Gasteiger partial charge in [-0.2, -0.15) is 0 Å². The molecule has 8 N–H and O–H groups in total. The summed E-state index contributed by atoms with van der Waals surface area (Å²) in [6.45, 7) is 16.1. The van der Waals surface area contributed by atoms with Crippen molar-refractivity contribution in [2.75, 3.05) is 13.2 Å². The molecule has 0 spiro atoms. The van der Waals surface area contributed by atoms with Crippen molar-refractivity contribution in [2.24, 2.45) is 28.1 Å². The van der Waals surface area contributed by atoms with Gasteiger partial charge in [0.1, 0.15) is 30.5 Å². The average Bonchev–Trinajstić information content (AvgIpc) is 3.71. The monoisotopic (exact) mass is 817 g/mol. The van der Waals surface area contributed by atoms with Crippen LogP contribution in [-0.4, -0.2) is 139 Å². The fraction of sp³-hybridized carbons (Fsp3) is 1.00. The summed E-state index contributed by atoms with van der Waals surface area (Å²) in [6.07, 6.45) is 0.347. The smallest absolute Gasteiger partial charge is 0.186 e. The van der Waals surface area contributed by atoms with Gasteiger partial charge < -0.3 is 64.5 Å². The van der Waals surface area contributed by atoms with Crippen molar-refractivity contribution < 1.29 is 64.5 Å². The molecule has 3 heterocycles. The summed E-state index contributed by atoms with van der Waals surface area (Å²) in [5.74, 6) is -0.292.